The molecule has 2 N–H and O–H groups in total. The Morgan fingerprint density at radius 1 is 1.70 bits per heavy atom. The molecule has 1 aliphatic carbocycles. The van der Waals surface area contributed by atoms with Gasteiger partial charge in [-0.1, -0.05) is 0 Å². The van der Waals surface area contributed by atoms with Crippen LogP contribution in [0.1, 0.15) is 25.7 Å². The lowest BCUT2D eigenvalue weighted by Gasteiger charge is -2.40. The third-order valence-corrected chi connectivity index (χ3v) is 2.33. The van der Waals surface area contributed by atoms with Gasteiger partial charge < -0.3 is 10.4 Å². The first-order valence-electron chi connectivity index (χ1n) is 3.59. The summed E-state index contributed by atoms with van der Waals surface area (Å²) >= 11 is 0. The van der Waals surface area contributed by atoms with Crippen LogP contribution in [0.3, 0.4) is 0 Å². The maximum Gasteiger partial charge on any atom is 0.305 e. The van der Waals surface area contributed by atoms with Crippen molar-refractivity contribution >= 4 is 5.97 Å². The van der Waals surface area contributed by atoms with Crippen molar-refractivity contribution in [3.05, 3.63) is 0 Å². The number of hydrogen-bond acceptors (Lipinski definition) is 2. The molecule has 3 nitrogen and oxygen atoms in total. The van der Waals surface area contributed by atoms with Gasteiger partial charge in [0, 0.05) is 5.54 Å². The summed E-state index contributed by atoms with van der Waals surface area (Å²) in [6, 6.07) is 0. The van der Waals surface area contributed by atoms with Gasteiger partial charge in [0.1, 0.15) is 0 Å². The molecule has 0 atom stereocenters. The van der Waals surface area contributed by atoms with Crippen LogP contribution in [0, 0.1) is 0 Å². The number of nitrogens with one attached hydrogen (secondary N) is 1. The van der Waals surface area contributed by atoms with E-state index < -0.39 is 5.97 Å². The van der Waals surface area contributed by atoms with E-state index in [2.05, 4.69) is 5.32 Å². The fourth-order valence-electron chi connectivity index (χ4n) is 1.41. The third-order valence-electron chi connectivity index (χ3n) is 2.33. The van der Waals surface area contributed by atoms with Crippen molar-refractivity contribution in [2.45, 2.75) is 31.2 Å². The van der Waals surface area contributed by atoms with E-state index in [1.54, 1.807) is 0 Å². The molecule has 1 saturated carbocycles. The van der Waals surface area contributed by atoms with Crippen LogP contribution in [0.15, 0.2) is 0 Å². The van der Waals surface area contributed by atoms with Gasteiger partial charge in [0.25, 0.3) is 0 Å². The summed E-state index contributed by atoms with van der Waals surface area (Å²) in [4.78, 5) is 10.3. The molecule has 0 aromatic heterocycles. The fraction of sp³-hybridized carbons (Fsp3) is 0.857. The summed E-state index contributed by atoms with van der Waals surface area (Å²) in [5, 5.41) is 11.6. The van der Waals surface area contributed by atoms with Crippen LogP contribution in [-0.4, -0.2) is 23.7 Å². The maximum atomic E-state index is 10.3. The van der Waals surface area contributed by atoms with Gasteiger partial charge in [-0.15, -0.1) is 0 Å². The van der Waals surface area contributed by atoms with Gasteiger partial charge in [-0.25, -0.2) is 0 Å². The zero-order valence-electron chi connectivity index (χ0n) is 6.18. The van der Waals surface area contributed by atoms with Crippen molar-refractivity contribution in [3.8, 4) is 0 Å². The highest BCUT2D eigenvalue weighted by Gasteiger charge is 2.37. The normalized spacial score (nSPS) is 21.7. The summed E-state index contributed by atoms with van der Waals surface area (Å²) in [6.07, 6.45) is 3.45. The van der Waals surface area contributed by atoms with Gasteiger partial charge in [-0.05, 0) is 26.3 Å². The zero-order valence-corrected chi connectivity index (χ0v) is 6.18. The smallest absolute Gasteiger partial charge is 0.305 e. The van der Waals surface area contributed by atoms with E-state index >= 15 is 0 Å². The van der Waals surface area contributed by atoms with Crippen molar-refractivity contribution in [1.82, 2.24) is 5.32 Å². The van der Waals surface area contributed by atoms with Crippen LogP contribution < -0.4 is 5.32 Å². The van der Waals surface area contributed by atoms with Gasteiger partial charge in [0.2, 0.25) is 0 Å². The second-order valence-corrected chi connectivity index (χ2v) is 2.95. The van der Waals surface area contributed by atoms with E-state index in [9.17, 15) is 4.79 Å². The lowest BCUT2D eigenvalue weighted by molar-refractivity contribution is -0.139. The molecule has 0 heterocycles. The molecule has 58 valence electrons. The predicted molar refractivity (Wildman–Crippen MR) is 37.9 cm³/mol. The maximum absolute atomic E-state index is 10.3. The van der Waals surface area contributed by atoms with E-state index in [1.165, 1.54) is 0 Å². The Morgan fingerprint density at radius 2 is 2.30 bits per heavy atom. The molecule has 0 aromatic carbocycles. The lowest BCUT2D eigenvalue weighted by atomic mass is 9.74. The van der Waals surface area contributed by atoms with E-state index in [-0.39, 0.29) is 12.0 Å². The molecule has 0 saturated heterocycles. The highest BCUT2D eigenvalue weighted by atomic mass is 16.4. The molecule has 0 unspecified atom stereocenters. The number of hydrogen-bond donors (Lipinski definition) is 2. The molecule has 0 amide bonds. The Bertz CT molecular complexity index is 135. The summed E-state index contributed by atoms with van der Waals surface area (Å²) in [6.45, 7) is 0. The second-order valence-electron chi connectivity index (χ2n) is 2.95. The largest absolute Gasteiger partial charge is 0.481 e. The molecule has 0 aliphatic heterocycles. The number of rotatable bonds is 3. The molecule has 1 aliphatic rings. The first kappa shape index (κ1) is 7.54. The van der Waals surface area contributed by atoms with Crippen LogP contribution in [0.25, 0.3) is 0 Å². The Hall–Kier alpha value is -0.570. The van der Waals surface area contributed by atoms with Crippen molar-refractivity contribution in [1.29, 1.82) is 0 Å². The van der Waals surface area contributed by atoms with Crippen LogP contribution >= 0.6 is 0 Å². The molecule has 0 aromatic rings. The number of carboxylic acid groups (broad SMARTS) is 1. The highest BCUT2D eigenvalue weighted by Crippen LogP contribution is 2.34. The Labute approximate surface area is 60.4 Å². The Kier molecular flexibility index (Phi) is 1.94. The molecular formula is C7H13NO2. The molecule has 3 heteroatoms. The minimum atomic E-state index is -0.700. The van der Waals surface area contributed by atoms with Crippen LogP contribution in [0.4, 0.5) is 0 Å². The monoisotopic (exact) mass is 143 g/mol. The van der Waals surface area contributed by atoms with Crippen molar-refractivity contribution in [2.24, 2.45) is 0 Å². The predicted octanol–water partition coefficient (Wildman–Crippen LogP) is 0.603. The molecule has 1 fully saturated rings. The van der Waals surface area contributed by atoms with Crippen molar-refractivity contribution in [2.75, 3.05) is 7.05 Å². The zero-order chi connectivity index (χ0) is 7.61. The molecule has 0 spiro atoms. The summed E-state index contributed by atoms with van der Waals surface area (Å²) < 4.78 is 0. The van der Waals surface area contributed by atoms with Crippen LogP contribution in [-0.2, 0) is 4.79 Å². The van der Waals surface area contributed by atoms with Gasteiger partial charge in [0.05, 0.1) is 6.42 Å². The Morgan fingerprint density at radius 3 is 2.40 bits per heavy atom. The highest BCUT2D eigenvalue weighted by molar-refractivity contribution is 5.68. The lowest BCUT2D eigenvalue weighted by Crippen LogP contribution is -2.50. The molecule has 1 rings (SSSR count). The van der Waals surface area contributed by atoms with Gasteiger partial charge in [0.15, 0.2) is 0 Å². The third kappa shape index (κ3) is 1.29. The van der Waals surface area contributed by atoms with Gasteiger partial charge in [-0.2, -0.15) is 0 Å². The van der Waals surface area contributed by atoms with Crippen molar-refractivity contribution in [3.63, 3.8) is 0 Å². The summed E-state index contributed by atoms with van der Waals surface area (Å²) in [5.74, 6) is -0.700. The van der Waals surface area contributed by atoms with E-state index in [0.29, 0.717) is 0 Å². The average molecular weight is 143 g/mol. The second kappa shape index (κ2) is 2.58. The van der Waals surface area contributed by atoms with Crippen LogP contribution in [0.2, 0.25) is 0 Å². The number of carboxylic acids is 1. The van der Waals surface area contributed by atoms with E-state index in [4.69, 9.17) is 5.11 Å². The SMILES string of the molecule is CNC1(CC(=O)O)CCC1. The molecule has 10 heavy (non-hydrogen) atoms. The molecular weight excluding hydrogens is 130 g/mol. The fourth-order valence-corrected chi connectivity index (χ4v) is 1.41. The van der Waals surface area contributed by atoms with Crippen molar-refractivity contribution < 1.29 is 9.90 Å². The van der Waals surface area contributed by atoms with Gasteiger partial charge >= 0.3 is 5.97 Å². The van der Waals surface area contributed by atoms with E-state index in [1.807, 2.05) is 7.05 Å². The number of aliphatic carboxylic acids is 1. The summed E-state index contributed by atoms with van der Waals surface area (Å²) in [5.41, 5.74) is -0.0637. The topological polar surface area (TPSA) is 49.3 Å². The summed E-state index contributed by atoms with van der Waals surface area (Å²) in [7, 11) is 1.84. The first-order chi connectivity index (χ1) is 4.68. The quantitative estimate of drug-likeness (QED) is 0.608. The molecule has 0 bridgehead atoms. The average Bonchev–Trinajstić information content (AvgIpc) is 1.78. The Balaban J connectivity index is 2.40. The van der Waals surface area contributed by atoms with Crippen LogP contribution in [0.5, 0.6) is 0 Å². The van der Waals surface area contributed by atoms with Gasteiger partial charge in [-0.3, -0.25) is 4.79 Å². The minimum Gasteiger partial charge on any atom is -0.481 e. The van der Waals surface area contributed by atoms with E-state index in [0.717, 1.165) is 19.3 Å². The standard InChI is InChI=1S/C7H13NO2/c1-8-7(3-2-4-7)5-6(9)10/h8H,2-5H2,1H3,(H,9,10). The first-order valence-corrected chi connectivity index (χ1v) is 3.59. The minimum absolute atomic E-state index is 0.0637. The molecule has 0 radical (unpaired) electrons. The number of carbonyl (C=O) groups is 1.